The fourth-order valence-corrected chi connectivity index (χ4v) is 2.55. The maximum Gasteiger partial charge on any atom is 0.251 e. The molecule has 0 radical (unpaired) electrons. The number of aryl methyl sites for hydroxylation is 1. The molecule has 1 N–H and O–H groups in total. The molecule has 0 aliphatic carbocycles. The SMILES string of the molecule is Cc1cc(F)ccc1C(=O)NC(C)(C)CCBr. The predicted octanol–water partition coefficient (Wildman–Crippen LogP) is 3.43. The van der Waals surface area contributed by atoms with Gasteiger partial charge >= 0.3 is 0 Å². The largest absolute Gasteiger partial charge is 0.347 e. The van der Waals surface area contributed by atoms with Gasteiger partial charge in [0.05, 0.1) is 0 Å². The number of amides is 1. The van der Waals surface area contributed by atoms with E-state index in [0.29, 0.717) is 11.1 Å². The maximum absolute atomic E-state index is 12.9. The summed E-state index contributed by atoms with van der Waals surface area (Å²) < 4.78 is 12.9. The Labute approximate surface area is 110 Å². The third-order valence-corrected chi connectivity index (χ3v) is 3.00. The third-order valence-electron chi connectivity index (χ3n) is 2.60. The number of carbonyl (C=O) groups is 1. The molecule has 1 amide bonds. The molecule has 4 heteroatoms. The Balaban J connectivity index is 2.83. The van der Waals surface area contributed by atoms with E-state index in [2.05, 4.69) is 21.2 Å². The topological polar surface area (TPSA) is 29.1 Å². The molecule has 0 atom stereocenters. The number of benzene rings is 1. The highest BCUT2D eigenvalue weighted by Crippen LogP contribution is 2.14. The number of halogens is 2. The molecule has 0 spiro atoms. The van der Waals surface area contributed by atoms with Gasteiger partial charge in [-0.1, -0.05) is 15.9 Å². The van der Waals surface area contributed by atoms with Gasteiger partial charge in [-0.15, -0.1) is 0 Å². The summed E-state index contributed by atoms with van der Waals surface area (Å²) in [5.74, 6) is -0.479. The van der Waals surface area contributed by atoms with Crippen molar-refractivity contribution in [3.05, 3.63) is 35.1 Å². The number of nitrogens with one attached hydrogen (secondary N) is 1. The van der Waals surface area contributed by atoms with E-state index in [9.17, 15) is 9.18 Å². The maximum atomic E-state index is 12.9. The molecule has 1 aromatic rings. The molecule has 17 heavy (non-hydrogen) atoms. The Hall–Kier alpha value is -0.900. The molecule has 0 bridgehead atoms. The van der Waals surface area contributed by atoms with Crippen molar-refractivity contribution < 1.29 is 9.18 Å². The number of rotatable bonds is 4. The molecular weight excluding hydrogens is 285 g/mol. The first-order chi connectivity index (χ1) is 7.85. The lowest BCUT2D eigenvalue weighted by Crippen LogP contribution is -2.43. The second-order valence-electron chi connectivity index (χ2n) is 4.74. The van der Waals surface area contributed by atoms with E-state index in [0.717, 1.165) is 11.8 Å². The molecule has 0 aromatic heterocycles. The molecule has 2 nitrogen and oxygen atoms in total. The van der Waals surface area contributed by atoms with Crippen molar-refractivity contribution in [1.29, 1.82) is 0 Å². The molecule has 0 unspecified atom stereocenters. The summed E-state index contributed by atoms with van der Waals surface area (Å²) in [4.78, 5) is 12.0. The zero-order valence-corrected chi connectivity index (χ0v) is 11.9. The van der Waals surface area contributed by atoms with E-state index in [1.807, 2.05) is 13.8 Å². The van der Waals surface area contributed by atoms with Gasteiger partial charge in [-0.05, 0) is 51.0 Å². The Bertz CT molecular complexity index is 418. The average Bonchev–Trinajstić information content (AvgIpc) is 2.15. The third kappa shape index (κ3) is 4.11. The van der Waals surface area contributed by atoms with Crippen LogP contribution in [0.1, 0.15) is 36.2 Å². The molecule has 0 fully saturated rings. The van der Waals surface area contributed by atoms with Crippen LogP contribution in [-0.2, 0) is 0 Å². The van der Waals surface area contributed by atoms with E-state index in [-0.39, 0.29) is 17.3 Å². The lowest BCUT2D eigenvalue weighted by atomic mass is 10.0. The van der Waals surface area contributed by atoms with Crippen LogP contribution in [0, 0.1) is 12.7 Å². The van der Waals surface area contributed by atoms with Crippen LogP contribution in [0.5, 0.6) is 0 Å². The van der Waals surface area contributed by atoms with Crippen LogP contribution in [0.15, 0.2) is 18.2 Å². The molecule has 1 rings (SSSR count). The Morgan fingerprint density at radius 3 is 2.65 bits per heavy atom. The van der Waals surface area contributed by atoms with Crippen LogP contribution >= 0.6 is 15.9 Å². The molecule has 0 saturated heterocycles. The van der Waals surface area contributed by atoms with E-state index >= 15 is 0 Å². The van der Waals surface area contributed by atoms with Crippen LogP contribution in [0.25, 0.3) is 0 Å². The monoisotopic (exact) mass is 301 g/mol. The minimum atomic E-state index is -0.321. The van der Waals surface area contributed by atoms with Crippen molar-refractivity contribution in [1.82, 2.24) is 5.32 Å². The van der Waals surface area contributed by atoms with Gasteiger partial charge in [0.2, 0.25) is 0 Å². The van der Waals surface area contributed by atoms with Gasteiger partial charge in [-0.2, -0.15) is 0 Å². The lowest BCUT2D eigenvalue weighted by molar-refractivity contribution is 0.0911. The minimum Gasteiger partial charge on any atom is -0.347 e. The highest BCUT2D eigenvalue weighted by atomic mass is 79.9. The first-order valence-electron chi connectivity index (χ1n) is 5.50. The van der Waals surface area contributed by atoms with Crippen molar-refractivity contribution in [2.24, 2.45) is 0 Å². The highest BCUT2D eigenvalue weighted by molar-refractivity contribution is 9.09. The van der Waals surface area contributed by atoms with Gasteiger partial charge in [-0.3, -0.25) is 4.79 Å². The Morgan fingerprint density at radius 2 is 2.12 bits per heavy atom. The predicted molar refractivity (Wildman–Crippen MR) is 71.1 cm³/mol. The lowest BCUT2D eigenvalue weighted by Gasteiger charge is -2.25. The Morgan fingerprint density at radius 1 is 1.47 bits per heavy atom. The summed E-state index contributed by atoms with van der Waals surface area (Å²) >= 11 is 3.35. The molecular formula is C13H17BrFNO. The number of carbonyl (C=O) groups excluding carboxylic acids is 1. The van der Waals surface area contributed by atoms with Crippen LogP contribution < -0.4 is 5.32 Å². The first-order valence-corrected chi connectivity index (χ1v) is 6.62. The van der Waals surface area contributed by atoms with Crippen molar-refractivity contribution in [2.75, 3.05) is 5.33 Å². The molecule has 0 aliphatic rings. The van der Waals surface area contributed by atoms with Crippen molar-refractivity contribution in [3.8, 4) is 0 Å². The fourth-order valence-electron chi connectivity index (χ4n) is 1.56. The summed E-state index contributed by atoms with van der Waals surface area (Å²) in [5, 5.41) is 3.76. The quantitative estimate of drug-likeness (QED) is 0.848. The summed E-state index contributed by atoms with van der Waals surface area (Å²) in [6.45, 7) is 5.66. The number of alkyl halides is 1. The van der Waals surface area contributed by atoms with Crippen LogP contribution in [0.3, 0.4) is 0 Å². The normalized spacial score (nSPS) is 11.4. The minimum absolute atomic E-state index is 0.159. The van der Waals surface area contributed by atoms with Crippen LogP contribution in [0.2, 0.25) is 0 Å². The van der Waals surface area contributed by atoms with E-state index in [1.54, 1.807) is 6.92 Å². The van der Waals surface area contributed by atoms with Gasteiger partial charge < -0.3 is 5.32 Å². The van der Waals surface area contributed by atoms with Crippen LogP contribution in [0.4, 0.5) is 4.39 Å². The van der Waals surface area contributed by atoms with Gasteiger partial charge in [0.1, 0.15) is 5.82 Å². The van der Waals surface area contributed by atoms with E-state index in [1.165, 1.54) is 18.2 Å². The van der Waals surface area contributed by atoms with Crippen molar-refractivity contribution in [3.63, 3.8) is 0 Å². The van der Waals surface area contributed by atoms with E-state index < -0.39 is 0 Å². The first kappa shape index (κ1) is 14.2. The average molecular weight is 302 g/mol. The second-order valence-corrected chi connectivity index (χ2v) is 5.53. The standard InChI is InChI=1S/C13H17BrFNO/c1-9-8-10(15)4-5-11(9)12(17)16-13(2,3)6-7-14/h4-5,8H,6-7H2,1-3H3,(H,16,17). The number of hydrogen-bond donors (Lipinski definition) is 1. The number of hydrogen-bond acceptors (Lipinski definition) is 1. The Kier molecular flexibility index (Phi) is 4.69. The molecule has 94 valence electrons. The van der Waals surface area contributed by atoms with Gasteiger partial charge in [-0.25, -0.2) is 4.39 Å². The molecule has 0 heterocycles. The highest BCUT2D eigenvalue weighted by Gasteiger charge is 2.21. The summed E-state index contributed by atoms with van der Waals surface area (Å²) in [7, 11) is 0. The van der Waals surface area contributed by atoms with Gasteiger partial charge in [0.15, 0.2) is 0 Å². The van der Waals surface area contributed by atoms with Gasteiger partial charge in [0, 0.05) is 16.4 Å². The fraction of sp³-hybridized carbons (Fsp3) is 0.462. The molecule has 1 aromatic carbocycles. The summed E-state index contributed by atoms with van der Waals surface area (Å²) in [6, 6.07) is 4.19. The summed E-state index contributed by atoms with van der Waals surface area (Å²) in [6.07, 6.45) is 0.832. The van der Waals surface area contributed by atoms with E-state index in [4.69, 9.17) is 0 Å². The van der Waals surface area contributed by atoms with Gasteiger partial charge in [0.25, 0.3) is 5.91 Å². The molecule has 0 aliphatic heterocycles. The van der Waals surface area contributed by atoms with Crippen LogP contribution in [-0.4, -0.2) is 16.8 Å². The van der Waals surface area contributed by atoms with Crippen molar-refractivity contribution in [2.45, 2.75) is 32.7 Å². The van der Waals surface area contributed by atoms with Crippen molar-refractivity contribution >= 4 is 21.8 Å². The second kappa shape index (κ2) is 5.63. The zero-order valence-electron chi connectivity index (χ0n) is 10.3. The summed E-state index contributed by atoms with van der Waals surface area (Å²) in [5.41, 5.74) is 0.896. The molecule has 0 saturated carbocycles. The zero-order chi connectivity index (χ0) is 13.1. The smallest absolute Gasteiger partial charge is 0.251 e.